The second-order valence-corrected chi connectivity index (χ2v) is 9.15. The number of rotatable bonds is 8. The molecule has 31 heavy (non-hydrogen) atoms. The van der Waals surface area contributed by atoms with Gasteiger partial charge in [0.1, 0.15) is 0 Å². The molecule has 0 amide bonds. The zero-order valence-electron chi connectivity index (χ0n) is 17.9. The maximum Gasteiger partial charge on any atom is 0.240 e. The highest BCUT2D eigenvalue weighted by atomic mass is 32.2. The number of hydrogen-bond acceptors (Lipinski definition) is 3. The number of benzene rings is 3. The zero-order valence-corrected chi connectivity index (χ0v) is 18.7. The van der Waals surface area contributed by atoms with Crippen molar-refractivity contribution >= 4 is 20.8 Å². The molecule has 3 aromatic rings. The number of fused-ring (bicyclic) bond motifs is 1. The fourth-order valence-electron chi connectivity index (χ4n) is 3.28. The van der Waals surface area contributed by atoms with Crippen LogP contribution in [0, 0.1) is 18.8 Å². The van der Waals surface area contributed by atoms with E-state index in [1.165, 1.54) is 16.3 Å². The molecular weight excluding hydrogens is 404 g/mol. The lowest BCUT2D eigenvalue weighted by atomic mass is 10.00. The first-order chi connectivity index (χ1) is 15.0. The molecule has 5 heteroatoms. The molecule has 4 nitrogen and oxygen atoms in total. The van der Waals surface area contributed by atoms with Crippen LogP contribution >= 0.6 is 0 Å². The Morgan fingerprint density at radius 3 is 2.55 bits per heavy atom. The van der Waals surface area contributed by atoms with Gasteiger partial charge in [-0.15, -0.1) is 0 Å². The second-order valence-electron chi connectivity index (χ2n) is 7.38. The van der Waals surface area contributed by atoms with Gasteiger partial charge in [0.05, 0.1) is 4.90 Å². The number of hydrogen-bond donors (Lipinski definition) is 2. The molecule has 3 rings (SSSR count). The molecule has 1 atom stereocenters. The molecule has 0 unspecified atom stereocenters. The van der Waals surface area contributed by atoms with Crippen LogP contribution in [0.4, 0.5) is 0 Å². The average Bonchev–Trinajstić information content (AvgIpc) is 2.77. The van der Waals surface area contributed by atoms with E-state index in [0.717, 1.165) is 5.56 Å². The minimum atomic E-state index is -3.48. The lowest BCUT2D eigenvalue weighted by Crippen LogP contribution is -2.24. The van der Waals surface area contributed by atoms with Crippen molar-refractivity contribution in [1.29, 1.82) is 0 Å². The predicted octanol–water partition coefficient (Wildman–Crippen LogP) is 4.73. The molecule has 0 bridgehead atoms. The molecule has 2 N–H and O–H groups in total. The van der Waals surface area contributed by atoms with Crippen LogP contribution in [0.15, 0.2) is 83.8 Å². The van der Waals surface area contributed by atoms with E-state index in [1.807, 2.05) is 13.0 Å². The van der Waals surface area contributed by atoms with Gasteiger partial charge in [-0.2, -0.15) is 0 Å². The number of sulfonamides is 1. The van der Waals surface area contributed by atoms with Gasteiger partial charge in [0, 0.05) is 25.6 Å². The van der Waals surface area contributed by atoms with Gasteiger partial charge in [-0.05, 0) is 48.4 Å². The summed E-state index contributed by atoms with van der Waals surface area (Å²) in [7, 11) is -3.48. The number of allylic oxidation sites excluding steroid dienone is 1. The van der Waals surface area contributed by atoms with Gasteiger partial charge in [0.2, 0.25) is 10.0 Å². The van der Waals surface area contributed by atoms with Crippen LogP contribution in [0.2, 0.25) is 0 Å². The van der Waals surface area contributed by atoms with Crippen molar-refractivity contribution in [2.75, 3.05) is 13.1 Å². The topological polar surface area (TPSA) is 58.2 Å². The third-order valence-electron chi connectivity index (χ3n) is 5.01. The third-order valence-corrected chi connectivity index (χ3v) is 6.49. The van der Waals surface area contributed by atoms with Crippen LogP contribution in [0.5, 0.6) is 0 Å². The molecule has 0 fully saturated rings. The Balaban J connectivity index is 1.41. The van der Waals surface area contributed by atoms with Crippen molar-refractivity contribution in [1.82, 2.24) is 10.0 Å². The molecule has 0 spiro atoms. The summed E-state index contributed by atoms with van der Waals surface area (Å²) in [5.74, 6) is 5.93. The van der Waals surface area contributed by atoms with Crippen molar-refractivity contribution in [2.24, 2.45) is 0 Å². The van der Waals surface area contributed by atoms with Gasteiger partial charge in [0.15, 0.2) is 0 Å². The maximum absolute atomic E-state index is 12.2. The smallest absolute Gasteiger partial charge is 0.240 e. The van der Waals surface area contributed by atoms with Crippen LogP contribution in [-0.4, -0.2) is 21.5 Å². The van der Waals surface area contributed by atoms with Gasteiger partial charge in [-0.25, -0.2) is 13.1 Å². The largest absolute Gasteiger partial charge is 0.307 e. The second kappa shape index (κ2) is 10.9. The Kier molecular flexibility index (Phi) is 8.02. The molecule has 0 heterocycles. The van der Waals surface area contributed by atoms with E-state index in [9.17, 15) is 8.42 Å². The number of aryl methyl sites for hydroxylation is 1. The molecule has 3 aromatic carbocycles. The van der Waals surface area contributed by atoms with Gasteiger partial charge in [-0.3, -0.25) is 0 Å². The summed E-state index contributed by atoms with van der Waals surface area (Å²) in [6, 6.07) is 21.8. The molecule has 160 valence electrons. The standard InChI is InChI=1S/C26H28N2O2S/c1-21-15-17-24(18-16-21)31(29,30)28-20-9-5-3-4-8-19-27-22(2)25-14-10-12-23-11-6-7-13-26(23)25/h4,6-8,10-18,22,27-28H,9,19-20H2,1-2H3/b8-4+/t22-/m1/s1. The molecule has 0 aromatic heterocycles. The molecule has 0 aliphatic heterocycles. The maximum atomic E-state index is 12.2. The SMILES string of the molecule is Cc1ccc(S(=O)(=O)NCCC#C/C=C/CN[C@H](C)c2cccc3ccccc23)cc1. The van der Waals surface area contributed by atoms with Gasteiger partial charge in [0.25, 0.3) is 0 Å². The lowest BCUT2D eigenvalue weighted by Gasteiger charge is -2.15. The summed E-state index contributed by atoms with van der Waals surface area (Å²) in [4.78, 5) is 0.275. The van der Waals surface area contributed by atoms with Crippen LogP contribution in [-0.2, 0) is 10.0 Å². The van der Waals surface area contributed by atoms with Gasteiger partial charge < -0.3 is 5.32 Å². The first-order valence-electron chi connectivity index (χ1n) is 10.4. The molecule has 0 saturated carbocycles. The van der Waals surface area contributed by atoms with Crippen LogP contribution < -0.4 is 10.0 Å². The monoisotopic (exact) mass is 432 g/mol. The summed E-state index contributed by atoms with van der Waals surface area (Å²) in [5, 5.41) is 6.00. The first-order valence-corrected chi connectivity index (χ1v) is 11.9. The zero-order chi connectivity index (χ0) is 22.1. The Bertz CT molecular complexity index is 1200. The molecule has 0 saturated heterocycles. The van der Waals surface area contributed by atoms with Crippen molar-refractivity contribution < 1.29 is 8.42 Å². The van der Waals surface area contributed by atoms with E-state index in [0.29, 0.717) is 13.0 Å². The highest BCUT2D eigenvalue weighted by Crippen LogP contribution is 2.23. The fraction of sp³-hybridized carbons (Fsp3) is 0.231. The average molecular weight is 433 g/mol. The fourth-order valence-corrected chi connectivity index (χ4v) is 4.31. The van der Waals surface area contributed by atoms with E-state index in [2.05, 4.69) is 71.3 Å². The minimum Gasteiger partial charge on any atom is -0.307 e. The van der Waals surface area contributed by atoms with E-state index >= 15 is 0 Å². The third kappa shape index (κ3) is 6.53. The Morgan fingerprint density at radius 2 is 1.74 bits per heavy atom. The summed E-state index contributed by atoms with van der Waals surface area (Å²) < 4.78 is 27.0. The predicted molar refractivity (Wildman–Crippen MR) is 128 cm³/mol. The Morgan fingerprint density at radius 1 is 1.00 bits per heavy atom. The first kappa shape index (κ1) is 22.8. The molecule has 0 aliphatic carbocycles. The van der Waals surface area contributed by atoms with E-state index in [1.54, 1.807) is 30.3 Å². The van der Waals surface area contributed by atoms with Crippen LogP contribution in [0.25, 0.3) is 10.8 Å². The van der Waals surface area contributed by atoms with Crippen molar-refractivity contribution in [3.05, 3.63) is 90.0 Å². The van der Waals surface area contributed by atoms with Gasteiger partial charge in [-0.1, -0.05) is 78.1 Å². The summed E-state index contributed by atoms with van der Waals surface area (Å²) in [6.45, 7) is 5.07. The van der Waals surface area contributed by atoms with E-state index < -0.39 is 10.0 Å². The molecule has 0 aliphatic rings. The molecule has 0 radical (unpaired) electrons. The van der Waals surface area contributed by atoms with Crippen LogP contribution in [0.1, 0.15) is 30.5 Å². The van der Waals surface area contributed by atoms with Crippen molar-refractivity contribution in [2.45, 2.75) is 31.2 Å². The number of nitrogens with one attached hydrogen (secondary N) is 2. The summed E-state index contributed by atoms with van der Waals surface area (Å²) >= 11 is 0. The highest BCUT2D eigenvalue weighted by Gasteiger charge is 2.12. The minimum absolute atomic E-state index is 0.222. The van der Waals surface area contributed by atoms with Crippen LogP contribution in [0.3, 0.4) is 0 Å². The van der Waals surface area contributed by atoms with Crippen molar-refractivity contribution in [3.8, 4) is 11.8 Å². The summed E-state index contributed by atoms with van der Waals surface area (Å²) in [5.41, 5.74) is 2.30. The lowest BCUT2D eigenvalue weighted by molar-refractivity contribution is 0.582. The van der Waals surface area contributed by atoms with E-state index in [4.69, 9.17) is 0 Å². The Hall–Kier alpha value is -2.91. The Labute approximate surface area is 185 Å². The van der Waals surface area contributed by atoms with E-state index in [-0.39, 0.29) is 17.5 Å². The summed E-state index contributed by atoms with van der Waals surface area (Å²) in [6.07, 6.45) is 4.23. The highest BCUT2D eigenvalue weighted by molar-refractivity contribution is 7.89. The van der Waals surface area contributed by atoms with Crippen molar-refractivity contribution in [3.63, 3.8) is 0 Å². The quantitative estimate of drug-likeness (QED) is 0.400. The van der Waals surface area contributed by atoms with Gasteiger partial charge >= 0.3 is 0 Å². The normalized spacial score (nSPS) is 12.6. The molecular formula is C26H28N2O2S.